The van der Waals surface area contributed by atoms with Crippen molar-refractivity contribution in [1.82, 2.24) is 5.32 Å². The molecule has 0 spiro atoms. The molecule has 119 valence electrons. The van der Waals surface area contributed by atoms with Gasteiger partial charge in [-0.3, -0.25) is 4.79 Å². The Morgan fingerprint density at radius 1 is 0.900 bits per heavy atom. The molecule has 0 aliphatic rings. The number of hydrogen-bond acceptors (Lipinski definition) is 1. The number of amides is 1. The van der Waals surface area contributed by atoms with Crippen molar-refractivity contribution in [3.05, 3.63) is 6.92 Å². The number of hydrogen-bond donors (Lipinski definition) is 1. The van der Waals surface area contributed by atoms with Crippen LogP contribution in [0.2, 0.25) is 0 Å². The third kappa shape index (κ3) is 12.5. The molecule has 0 fully saturated rings. The number of carbonyl (C=O) groups is 1. The Bertz CT molecular complexity index is 215. The minimum Gasteiger partial charge on any atom is -0.353 e. The SMILES string of the molecule is [CH2]CC(CCC)NC(=O)CCCCCCCCCCC. The van der Waals surface area contributed by atoms with Crippen LogP contribution in [-0.2, 0) is 4.79 Å². The summed E-state index contributed by atoms with van der Waals surface area (Å²) < 4.78 is 0. The van der Waals surface area contributed by atoms with Gasteiger partial charge in [0.1, 0.15) is 0 Å². The van der Waals surface area contributed by atoms with E-state index in [0.29, 0.717) is 6.42 Å². The third-order valence-electron chi connectivity index (χ3n) is 3.86. The maximum Gasteiger partial charge on any atom is 0.220 e. The topological polar surface area (TPSA) is 29.1 Å². The van der Waals surface area contributed by atoms with Crippen LogP contribution in [0, 0.1) is 6.92 Å². The summed E-state index contributed by atoms with van der Waals surface area (Å²) in [6.07, 6.45) is 15.4. The second-order valence-corrected chi connectivity index (χ2v) is 5.92. The van der Waals surface area contributed by atoms with E-state index in [4.69, 9.17) is 0 Å². The van der Waals surface area contributed by atoms with Crippen molar-refractivity contribution in [3.8, 4) is 0 Å². The lowest BCUT2D eigenvalue weighted by Crippen LogP contribution is -2.34. The minimum absolute atomic E-state index is 0.218. The number of unbranched alkanes of at least 4 members (excludes halogenated alkanes) is 8. The summed E-state index contributed by atoms with van der Waals surface area (Å²) in [4.78, 5) is 11.8. The molecular formula is C18H36NO. The molecular weight excluding hydrogens is 246 g/mol. The standard InChI is InChI=1S/C18H36NO/c1-4-7-8-9-10-11-12-13-14-16-18(20)19-17(6-3)15-5-2/h17H,3-16H2,1-2H3,(H,19,20). The third-order valence-corrected chi connectivity index (χ3v) is 3.86. The van der Waals surface area contributed by atoms with E-state index in [1.54, 1.807) is 0 Å². The molecule has 0 bridgehead atoms. The zero-order valence-electron chi connectivity index (χ0n) is 13.9. The van der Waals surface area contributed by atoms with Crippen LogP contribution in [0.3, 0.4) is 0 Å². The Balaban J connectivity index is 3.34. The van der Waals surface area contributed by atoms with E-state index in [9.17, 15) is 4.79 Å². The van der Waals surface area contributed by atoms with E-state index < -0.39 is 0 Å². The molecule has 1 radical (unpaired) electrons. The minimum atomic E-state index is 0.218. The van der Waals surface area contributed by atoms with Crippen LogP contribution in [0.1, 0.15) is 97.3 Å². The van der Waals surface area contributed by atoms with Gasteiger partial charge in [-0.05, 0) is 19.3 Å². The fraction of sp³-hybridized carbons (Fsp3) is 0.889. The first-order chi connectivity index (χ1) is 9.74. The Hall–Kier alpha value is -0.530. The van der Waals surface area contributed by atoms with E-state index >= 15 is 0 Å². The maximum atomic E-state index is 11.8. The second-order valence-electron chi connectivity index (χ2n) is 5.92. The van der Waals surface area contributed by atoms with Crippen molar-refractivity contribution in [1.29, 1.82) is 0 Å². The molecule has 1 N–H and O–H groups in total. The smallest absolute Gasteiger partial charge is 0.220 e. The molecule has 0 saturated carbocycles. The zero-order valence-corrected chi connectivity index (χ0v) is 13.9. The monoisotopic (exact) mass is 282 g/mol. The van der Waals surface area contributed by atoms with E-state index in [1.165, 1.54) is 51.4 Å². The van der Waals surface area contributed by atoms with Crippen LogP contribution in [0.5, 0.6) is 0 Å². The Kier molecular flexibility index (Phi) is 14.5. The van der Waals surface area contributed by atoms with Crippen molar-refractivity contribution >= 4 is 5.91 Å². The van der Waals surface area contributed by atoms with Crippen LogP contribution in [0.15, 0.2) is 0 Å². The van der Waals surface area contributed by atoms with Gasteiger partial charge in [-0.1, -0.05) is 78.6 Å². The van der Waals surface area contributed by atoms with Gasteiger partial charge in [0.15, 0.2) is 0 Å². The number of rotatable bonds is 14. The van der Waals surface area contributed by atoms with Gasteiger partial charge in [0.05, 0.1) is 0 Å². The molecule has 0 aromatic heterocycles. The van der Waals surface area contributed by atoms with E-state index in [2.05, 4.69) is 26.1 Å². The molecule has 1 unspecified atom stereocenters. The van der Waals surface area contributed by atoms with Crippen molar-refractivity contribution in [2.45, 2.75) is 103 Å². The Labute approximate surface area is 127 Å². The molecule has 0 aliphatic carbocycles. The summed E-state index contributed by atoms with van der Waals surface area (Å²) in [7, 11) is 0. The molecule has 1 atom stereocenters. The maximum absolute atomic E-state index is 11.8. The van der Waals surface area contributed by atoms with Gasteiger partial charge < -0.3 is 5.32 Å². The average Bonchev–Trinajstić information content (AvgIpc) is 2.45. The van der Waals surface area contributed by atoms with Crippen molar-refractivity contribution in [3.63, 3.8) is 0 Å². The summed E-state index contributed by atoms with van der Waals surface area (Å²) in [5, 5.41) is 3.09. The van der Waals surface area contributed by atoms with Gasteiger partial charge in [-0.15, -0.1) is 0 Å². The van der Waals surface area contributed by atoms with Gasteiger partial charge in [0, 0.05) is 12.5 Å². The van der Waals surface area contributed by atoms with Gasteiger partial charge in [0.2, 0.25) is 5.91 Å². The highest BCUT2D eigenvalue weighted by Crippen LogP contribution is 2.10. The zero-order chi connectivity index (χ0) is 15.1. The van der Waals surface area contributed by atoms with Crippen LogP contribution in [-0.4, -0.2) is 11.9 Å². The summed E-state index contributed by atoms with van der Waals surface area (Å²) in [5.74, 6) is 0.218. The average molecular weight is 282 g/mol. The largest absolute Gasteiger partial charge is 0.353 e. The highest BCUT2D eigenvalue weighted by atomic mass is 16.1. The second kappa shape index (κ2) is 14.9. The lowest BCUT2D eigenvalue weighted by Gasteiger charge is -2.15. The first-order valence-corrected chi connectivity index (χ1v) is 8.83. The fourth-order valence-electron chi connectivity index (χ4n) is 2.53. The molecule has 0 heterocycles. The molecule has 0 aromatic rings. The molecule has 0 saturated heterocycles. The lowest BCUT2D eigenvalue weighted by molar-refractivity contribution is -0.121. The van der Waals surface area contributed by atoms with Crippen molar-refractivity contribution < 1.29 is 4.79 Å². The van der Waals surface area contributed by atoms with E-state index in [0.717, 1.165) is 25.7 Å². The first-order valence-electron chi connectivity index (χ1n) is 8.83. The van der Waals surface area contributed by atoms with Gasteiger partial charge in [0.25, 0.3) is 0 Å². The van der Waals surface area contributed by atoms with Crippen LogP contribution in [0.4, 0.5) is 0 Å². The fourth-order valence-corrected chi connectivity index (χ4v) is 2.53. The summed E-state index contributed by atoms with van der Waals surface area (Å²) in [6, 6.07) is 0.283. The van der Waals surface area contributed by atoms with Crippen LogP contribution < -0.4 is 5.32 Å². The molecule has 20 heavy (non-hydrogen) atoms. The number of nitrogens with one attached hydrogen (secondary N) is 1. The Morgan fingerprint density at radius 3 is 1.95 bits per heavy atom. The first kappa shape index (κ1) is 19.5. The summed E-state index contributed by atoms with van der Waals surface area (Å²) in [6.45, 7) is 8.30. The van der Waals surface area contributed by atoms with Crippen molar-refractivity contribution in [2.24, 2.45) is 0 Å². The van der Waals surface area contributed by atoms with Gasteiger partial charge in [-0.25, -0.2) is 0 Å². The summed E-state index contributed by atoms with van der Waals surface area (Å²) in [5.41, 5.74) is 0. The highest BCUT2D eigenvalue weighted by Gasteiger charge is 2.08. The lowest BCUT2D eigenvalue weighted by atomic mass is 10.1. The molecule has 0 aromatic carbocycles. The van der Waals surface area contributed by atoms with Crippen molar-refractivity contribution in [2.75, 3.05) is 0 Å². The normalized spacial score (nSPS) is 12.3. The van der Waals surface area contributed by atoms with Crippen LogP contribution >= 0.6 is 0 Å². The van der Waals surface area contributed by atoms with E-state index in [-0.39, 0.29) is 11.9 Å². The predicted octanol–water partition coefficient (Wildman–Crippen LogP) is 5.42. The molecule has 2 heteroatoms. The summed E-state index contributed by atoms with van der Waals surface area (Å²) >= 11 is 0. The highest BCUT2D eigenvalue weighted by molar-refractivity contribution is 5.76. The van der Waals surface area contributed by atoms with Crippen LogP contribution in [0.25, 0.3) is 0 Å². The predicted molar refractivity (Wildman–Crippen MR) is 88.7 cm³/mol. The molecule has 0 aliphatic heterocycles. The van der Waals surface area contributed by atoms with Gasteiger partial charge in [-0.2, -0.15) is 0 Å². The Morgan fingerprint density at radius 2 is 1.45 bits per heavy atom. The number of carbonyl (C=O) groups excluding carboxylic acids is 1. The van der Waals surface area contributed by atoms with Gasteiger partial charge >= 0.3 is 0 Å². The molecule has 0 rings (SSSR count). The quantitative estimate of drug-likeness (QED) is 0.424. The molecule has 2 nitrogen and oxygen atoms in total. The molecule has 1 amide bonds. The van der Waals surface area contributed by atoms with E-state index in [1.807, 2.05) is 0 Å².